The molecule has 62 valence electrons. The molecule has 2 unspecified atom stereocenters. The first-order chi connectivity index (χ1) is 5.09. The van der Waals surface area contributed by atoms with Crippen LogP contribution in [0.15, 0.2) is 0 Å². The smallest absolute Gasteiger partial charge is 0.0181 e. The van der Waals surface area contributed by atoms with Gasteiger partial charge in [-0.05, 0) is 41.4 Å². The molecule has 0 N–H and O–H groups in total. The first-order valence-corrected chi connectivity index (χ1v) is 5.09. The zero-order chi connectivity index (χ0) is 7.85. The Hall–Kier alpha value is 0. The van der Waals surface area contributed by atoms with Gasteiger partial charge in [-0.1, -0.05) is 27.2 Å². The van der Waals surface area contributed by atoms with Crippen LogP contribution in [-0.4, -0.2) is 0 Å². The molecule has 0 aromatic carbocycles. The summed E-state index contributed by atoms with van der Waals surface area (Å²) >= 11 is 0. The van der Waals surface area contributed by atoms with E-state index in [-0.39, 0.29) is 0 Å². The van der Waals surface area contributed by atoms with Crippen LogP contribution >= 0.6 is 0 Å². The van der Waals surface area contributed by atoms with E-state index in [1.807, 2.05) is 0 Å². The molecule has 4 atom stereocenters. The van der Waals surface area contributed by atoms with Gasteiger partial charge in [0.25, 0.3) is 0 Å². The number of hydrogen-bond donors (Lipinski definition) is 0. The molecule has 0 aromatic heterocycles. The lowest BCUT2D eigenvalue weighted by Crippen LogP contribution is -2.35. The van der Waals surface area contributed by atoms with E-state index >= 15 is 0 Å². The summed E-state index contributed by atoms with van der Waals surface area (Å²) in [5, 5.41) is 0. The lowest BCUT2D eigenvalue weighted by molar-refractivity contribution is 0.0648. The minimum absolute atomic E-state index is 0.610. The first-order valence-electron chi connectivity index (χ1n) is 5.09. The molecule has 0 saturated heterocycles. The van der Waals surface area contributed by atoms with E-state index in [0.717, 1.165) is 5.41 Å². The summed E-state index contributed by atoms with van der Waals surface area (Å²) < 4.78 is 0. The second kappa shape index (κ2) is 1.41. The zero-order valence-electron chi connectivity index (χ0n) is 7.85. The second-order valence-corrected chi connectivity index (χ2v) is 5.90. The minimum Gasteiger partial charge on any atom is -0.0596 e. The molecule has 3 rings (SSSR count). The maximum absolute atomic E-state index is 2.45. The molecule has 0 amide bonds. The summed E-state index contributed by atoms with van der Waals surface area (Å²) in [6.07, 6.45) is 4.63. The van der Waals surface area contributed by atoms with Crippen molar-refractivity contribution in [2.45, 2.75) is 40.0 Å². The summed E-state index contributed by atoms with van der Waals surface area (Å²) in [5.41, 5.74) is 1.45. The van der Waals surface area contributed by atoms with Crippen LogP contribution < -0.4 is 0 Å². The van der Waals surface area contributed by atoms with Crippen LogP contribution in [0.1, 0.15) is 40.0 Å². The van der Waals surface area contributed by atoms with Crippen molar-refractivity contribution in [1.29, 1.82) is 0 Å². The molecular weight excluding hydrogens is 132 g/mol. The fourth-order valence-electron chi connectivity index (χ4n) is 4.22. The van der Waals surface area contributed by atoms with Crippen LogP contribution in [0.5, 0.6) is 0 Å². The highest BCUT2D eigenvalue weighted by Crippen LogP contribution is 2.91. The molecular formula is C11H18. The van der Waals surface area contributed by atoms with E-state index in [2.05, 4.69) is 20.8 Å². The molecule has 0 nitrogen and oxygen atoms in total. The molecule has 0 aromatic rings. The Bertz CT molecular complexity index is 199. The van der Waals surface area contributed by atoms with E-state index < -0.39 is 0 Å². The average molecular weight is 150 g/mol. The number of hydrogen-bond acceptors (Lipinski definition) is 0. The van der Waals surface area contributed by atoms with E-state index in [4.69, 9.17) is 0 Å². The summed E-state index contributed by atoms with van der Waals surface area (Å²) in [5.74, 6) is 3.58. The van der Waals surface area contributed by atoms with Gasteiger partial charge in [0, 0.05) is 0 Å². The van der Waals surface area contributed by atoms with Crippen molar-refractivity contribution < 1.29 is 0 Å². The van der Waals surface area contributed by atoms with Crippen LogP contribution in [-0.2, 0) is 0 Å². The van der Waals surface area contributed by atoms with Crippen LogP contribution in [0, 0.1) is 28.6 Å². The first kappa shape index (κ1) is 6.51. The van der Waals surface area contributed by atoms with Crippen molar-refractivity contribution in [3.63, 3.8) is 0 Å². The topological polar surface area (TPSA) is 0 Å². The predicted molar refractivity (Wildman–Crippen MR) is 46.2 cm³/mol. The van der Waals surface area contributed by atoms with Crippen molar-refractivity contribution in [3.8, 4) is 0 Å². The van der Waals surface area contributed by atoms with Gasteiger partial charge < -0.3 is 0 Å². The molecule has 3 aliphatic rings. The monoisotopic (exact) mass is 150 g/mol. The Labute approximate surface area is 69.4 Å². The van der Waals surface area contributed by atoms with Gasteiger partial charge >= 0.3 is 0 Å². The van der Waals surface area contributed by atoms with E-state index in [1.54, 1.807) is 12.8 Å². The van der Waals surface area contributed by atoms with Crippen molar-refractivity contribution in [3.05, 3.63) is 0 Å². The molecule has 3 fully saturated rings. The average Bonchev–Trinajstić information content (AvgIpc) is 2.72. The standard InChI is InChI=1S/C11H18/c1-10(2,3)11-6-4-5-7-8(11)9(7)11/h7-9H,4-6H2,1-3H3/t7?,8-,9+,11?. The largest absolute Gasteiger partial charge is 0.0596 e. The molecule has 0 radical (unpaired) electrons. The minimum atomic E-state index is 0.610. The fraction of sp³-hybridized carbons (Fsp3) is 1.00. The fourth-order valence-corrected chi connectivity index (χ4v) is 4.22. The molecule has 11 heavy (non-hydrogen) atoms. The van der Waals surface area contributed by atoms with E-state index in [0.29, 0.717) is 5.41 Å². The van der Waals surface area contributed by atoms with Gasteiger partial charge in [-0.25, -0.2) is 0 Å². The molecule has 0 bridgehead atoms. The zero-order valence-corrected chi connectivity index (χ0v) is 7.85. The second-order valence-electron chi connectivity index (χ2n) is 5.90. The molecule has 3 saturated carbocycles. The summed E-state index contributed by atoms with van der Waals surface area (Å²) in [4.78, 5) is 0. The third-order valence-corrected chi connectivity index (χ3v) is 4.77. The van der Waals surface area contributed by atoms with Crippen LogP contribution in [0.2, 0.25) is 0 Å². The lowest BCUT2D eigenvalue weighted by atomic mass is 9.62. The number of fused-ring (bicyclic) bond motifs is 2. The highest BCUT2D eigenvalue weighted by molar-refractivity contribution is 5.33. The Morgan fingerprint density at radius 3 is 2.18 bits per heavy atom. The van der Waals surface area contributed by atoms with Gasteiger partial charge in [0.15, 0.2) is 0 Å². The molecule has 3 aliphatic carbocycles. The predicted octanol–water partition coefficient (Wildman–Crippen LogP) is 3.08. The normalized spacial score (nSPS) is 58.6. The van der Waals surface area contributed by atoms with Gasteiger partial charge in [0.05, 0.1) is 0 Å². The third-order valence-electron chi connectivity index (χ3n) is 4.77. The van der Waals surface area contributed by atoms with Gasteiger partial charge in [-0.3, -0.25) is 0 Å². The van der Waals surface area contributed by atoms with Crippen molar-refractivity contribution in [2.24, 2.45) is 28.6 Å². The van der Waals surface area contributed by atoms with Crippen LogP contribution in [0.4, 0.5) is 0 Å². The summed E-state index contributed by atoms with van der Waals surface area (Å²) in [7, 11) is 0. The summed E-state index contributed by atoms with van der Waals surface area (Å²) in [6.45, 7) is 7.34. The van der Waals surface area contributed by atoms with Crippen molar-refractivity contribution in [2.75, 3.05) is 0 Å². The van der Waals surface area contributed by atoms with E-state index in [9.17, 15) is 0 Å². The van der Waals surface area contributed by atoms with Crippen LogP contribution in [0.3, 0.4) is 0 Å². The number of rotatable bonds is 0. The Morgan fingerprint density at radius 2 is 1.82 bits per heavy atom. The van der Waals surface area contributed by atoms with Gasteiger partial charge in [0.2, 0.25) is 0 Å². The van der Waals surface area contributed by atoms with Gasteiger partial charge in [0.1, 0.15) is 0 Å². The Balaban J connectivity index is 1.90. The molecule has 0 spiro atoms. The van der Waals surface area contributed by atoms with Crippen LogP contribution in [0.25, 0.3) is 0 Å². The quantitative estimate of drug-likeness (QED) is 0.498. The SMILES string of the molecule is CC(C)(C)C12CCCC3[C@@H]1[C@H]32. The molecule has 0 heteroatoms. The molecule has 0 aliphatic heterocycles. The van der Waals surface area contributed by atoms with E-state index in [1.165, 1.54) is 24.2 Å². The summed E-state index contributed by atoms with van der Waals surface area (Å²) in [6, 6.07) is 0. The lowest BCUT2D eigenvalue weighted by Gasteiger charge is -2.42. The highest BCUT2D eigenvalue weighted by atomic mass is 14.9. The molecule has 0 heterocycles. The van der Waals surface area contributed by atoms with Gasteiger partial charge in [-0.2, -0.15) is 0 Å². The van der Waals surface area contributed by atoms with Crippen molar-refractivity contribution in [1.82, 2.24) is 0 Å². The third kappa shape index (κ3) is 0.494. The highest BCUT2D eigenvalue weighted by Gasteiger charge is 2.86. The maximum atomic E-state index is 2.45. The maximum Gasteiger partial charge on any atom is -0.0181 e. The Kier molecular flexibility index (Phi) is 0.832. The van der Waals surface area contributed by atoms with Crippen molar-refractivity contribution >= 4 is 0 Å². The van der Waals surface area contributed by atoms with Gasteiger partial charge in [-0.15, -0.1) is 0 Å². The Morgan fingerprint density at radius 1 is 1.18 bits per heavy atom.